The van der Waals surface area contributed by atoms with Crippen molar-refractivity contribution in [2.45, 2.75) is 51.8 Å². The van der Waals surface area contributed by atoms with Crippen LogP contribution in [0.25, 0.3) is 0 Å². The van der Waals surface area contributed by atoms with Crippen LogP contribution >= 0.6 is 11.5 Å². The molecule has 0 atom stereocenters. The molecule has 1 heterocycles. The monoisotopic (exact) mass is 298 g/mol. The zero-order chi connectivity index (χ0) is 14.7. The predicted octanol–water partition coefficient (Wildman–Crippen LogP) is 1.84. The smallest absolute Gasteiger partial charge is 0.258 e. The number of hydrogen-bond donors (Lipinski definition) is 3. The summed E-state index contributed by atoms with van der Waals surface area (Å²) in [6, 6.07) is 0.401. The average Bonchev–Trinajstić information content (AvgIpc) is 2.67. The third-order valence-corrected chi connectivity index (χ3v) is 3.99. The minimum Gasteiger partial charge on any atom is -0.382 e. The number of nitrogens with zero attached hydrogens (tertiary/aromatic N) is 1. The van der Waals surface area contributed by atoms with Gasteiger partial charge >= 0.3 is 0 Å². The molecule has 0 radical (unpaired) electrons. The number of nitrogen functional groups attached to an aromatic ring is 1. The van der Waals surface area contributed by atoms with Crippen LogP contribution in [0.4, 0.5) is 10.8 Å². The van der Waals surface area contributed by atoms with E-state index >= 15 is 0 Å². The van der Waals surface area contributed by atoms with E-state index in [1.54, 1.807) is 0 Å². The highest BCUT2D eigenvalue weighted by molar-refractivity contribution is 7.11. The highest BCUT2D eigenvalue weighted by Gasteiger charge is 2.31. The Morgan fingerprint density at radius 1 is 1.55 bits per heavy atom. The van der Waals surface area contributed by atoms with Gasteiger partial charge < -0.3 is 21.1 Å². The summed E-state index contributed by atoms with van der Waals surface area (Å²) in [6.07, 6.45) is 2.24. The van der Waals surface area contributed by atoms with E-state index in [0.29, 0.717) is 17.7 Å². The maximum Gasteiger partial charge on any atom is 0.258 e. The molecule has 2 rings (SSSR count). The molecule has 0 spiro atoms. The number of hydrogen-bond acceptors (Lipinski definition) is 6. The zero-order valence-corrected chi connectivity index (χ0v) is 12.9. The van der Waals surface area contributed by atoms with Crippen molar-refractivity contribution in [3.63, 3.8) is 0 Å². The number of nitrogens with one attached hydrogen (secondary N) is 2. The fourth-order valence-electron chi connectivity index (χ4n) is 2.20. The molecule has 6 nitrogen and oxygen atoms in total. The average molecular weight is 298 g/mol. The van der Waals surface area contributed by atoms with Crippen molar-refractivity contribution in [2.24, 2.45) is 0 Å². The van der Waals surface area contributed by atoms with Crippen LogP contribution in [0.2, 0.25) is 0 Å². The molecule has 0 aliphatic heterocycles. The Morgan fingerprint density at radius 3 is 2.85 bits per heavy atom. The molecule has 1 aromatic rings. The molecule has 1 aliphatic carbocycles. The van der Waals surface area contributed by atoms with Gasteiger partial charge in [-0.05, 0) is 45.1 Å². The first-order valence-corrected chi connectivity index (χ1v) is 7.72. The van der Waals surface area contributed by atoms with Gasteiger partial charge in [-0.1, -0.05) is 0 Å². The Labute approximate surface area is 123 Å². The summed E-state index contributed by atoms with van der Waals surface area (Å²) in [7, 11) is 0. The molecule has 1 fully saturated rings. The largest absolute Gasteiger partial charge is 0.382 e. The van der Waals surface area contributed by atoms with Crippen molar-refractivity contribution < 1.29 is 9.53 Å². The SMILES string of the molecule is CCOC1CC(Nc2snc(N)c2C(=O)NC(C)C)C1. The Hall–Kier alpha value is -1.34. The number of amides is 1. The van der Waals surface area contributed by atoms with Crippen molar-refractivity contribution in [1.82, 2.24) is 9.69 Å². The van der Waals surface area contributed by atoms with E-state index in [0.717, 1.165) is 24.4 Å². The second-order valence-electron chi connectivity index (χ2n) is 5.29. The van der Waals surface area contributed by atoms with Crippen molar-refractivity contribution in [2.75, 3.05) is 17.7 Å². The van der Waals surface area contributed by atoms with Gasteiger partial charge in [-0.15, -0.1) is 0 Å². The summed E-state index contributed by atoms with van der Waals surface area (Å²) < 4.78 is 9.60. The van der Waals surface area contributed by atoms with Gasteiger partial charge in [0.1, 0.15) is 10.6 Å². The number of ether oxygens (including phenoxy) is 1. The molecule has 0 unspecified atom stereocenters. The van der Waals surface area contributed by atoms with E-state index in [9.17, 15) is 4.79 Å². The van der Waals surface area contributed by atoms with E-state index in [1.165, 1.54) is 11.5 Å². The first-order valence-electron chi connectivity index (χ1n) is 6.95. The molecule has 112 valence electrons. The molecular formula is C13H22N4O2S. The summed E-state index contributed by atoms with van der Waals surface area (Å²) in [5.41, 5.74) is 6.26. The molecule has 0 aromatic carbocycles. The minimum absolute atomic E-state index is 0.0701. The number of carbonyl (C=O) groups excluding carboxylic acids is 1. The van der Waals surface area contributed by atoms with E-state index in [1.807, 2.05) is 20.8 Å². The van der Waals surface area contributed by atoms with Gasteiger partial charge in [-0.25, -0.2) is 0 Å². The predicted molar refractivity (Wildman–Crippen MR) is 81.2 cm³/mol. The number of carbonyl (C=O) groups is 1. The van der Waals surface area contributed by atoms with Gasteiger partial charge in [0, 0.05) is 18.7 Å². The fraction of sp³-hybridized carbons (Fsp3) is 0.692. The molecule has 0 saturated heterocycles. The summed E-state index contributed by atoms with van der Waals surface area (Å²) in [5.74, 6) is 0.116. The van der Waals surface area contributed by atoms with Crippen molar-refractivity contribution in [3.8, 4) is 0 Å². The highest BCUT2D eigenvalue weighted by Crippen LogP contribution is 2.32. The van der Waals surface area contributed by atoms with Crippen LogP contribution in [0, 0.1) is 0 Å². The molecule has 1 saturated carbocycles. The number of anilines is 2. The lowest BCUT2D eigenvalue weighted by atomic mass is 9.89. The Balaban J connectivity index is 1.97. The lowest BCUT2D eigenvalue weighted by Crippen LogP contribution is -2.41. The second-order valence-corrected chi connectivity index (χ2v) is 6.06. The molecule has 20 heavy (non-hydrogen) atoms. The highest BCUT2D eigenvalue weighted by atomic mass is 32.1. The molecule has 4 N–H and O–H groups in total. The Kier molecular flexibility index (Phi) is 4.82. The quantitative estimate of drug-likeness (QED) is 0.745. The van der Waals surface area contributed by atoms with Crippen LogP contribution < -0.4 is 16.4 Å². The fourth-order valence-corrected chi connectivity index (χ4v) is 2.98. The second kappa shape index (κ2) is 6.41. The van der Waals surface area contributed by atoms with Crippen molar-refractivity contribution >= 4 is 28.3 Å². The summed E-state index contributed by atoms with van der Waals surface area (Å²) in [5, 5.41) is 6.94. The third kappa shape index (κ3) is 3.40. The molecule has 7 heteroatoms. The van der Waals surface area contributed by atoms with Crippen LogP contribution in [0.15, 0.2) is 0 Å². The molecule has 0 bridgehead atoms. The zero-order valence-electron chi connectivity index (χ0n) is 12.1. The third-order valence-electron chi connectivity index (χ3n) is 3.20. The van der Waals surface area contributed by atoms with Crippen LogP contribution in [-0.4, -0.2) is 35.1 Å². The van der Waals surface area contributed by atoms with Crippen LogP contribution in [0.3, 0.4) is 0 Å². The van der Waals surface area contributed by atoms with Crippen molar-refractivity contribution in [1.29, 1.82) is 0 Å². The Morgan fingerprint density at radius 2 is 2.25 bits per heavy atom. The van der Waals surface area contributed by atoms with Gasteiger partial charge in [0.05, 0.1) is 6.10 Å². The summed E-state index contributed by atoms with van der Waals surface area (Å²) in [4.78, 5) is 12.1. The van der Waals surface area contributed by atoms with Gasteiger partial charge in [-0.3, -0.25) is 4.79 Å². The van der Waals surface area contributed by atoms with E-state index in [4.69, 9.17) is 10.5 Å². The first kappa shape index (κ1) is 15.1. The lowest BCUT2D eigenvalue weighted by Gasteiger charge is -2.35. The number of aromatic nitrogens is 1. The van der Waals surface area contributed by atoms with Crippen molar-refractivity contribution in [3.05, 3.63) is 5.56 Å². The summed E-state index contributed by atoms with van der Waals surface area (Å²) in [6.45, 7) is 6.57. The van der Waals surface area contributed by atoms with E-state index in [2.05, 4.69) is 15.0 Å². The Bertz CT molecular complexity index is 469. The number of nitrogens with two attached hydrogens (primary N) is 1. The van der Waals surface area contributed by atoms with E-state index in [-0.39, 0.29) is 17.8 Å². The van der Waals surface area contributed by atoms with Crippen LogP contribution in [0.1, 0.15) is 44.0 Å². The maximum absolute atomic E-state index is 12.1. The molecule has 1 aliphatic rings. The normalized spacial score (nSPS) is 21.6. The topological polar surface area (TPSA) is 89.3 Å². The van der Waals surface area contributed by atoms with Gasteiger partial charge in [0.25, 0.3) is 5.91 Å². The minimum atomic E-state index is -0.172. The molecular weight excluding hydrogens is 276 g/mol. The summed E-state index contributed by atoms with van der Waals surface area (Å²) >= 11 is 1.24. The molecule has 1 amide bonds. The van der Waals surface area contributed by atoms with Gasteiger partial charge in [0.2, 0.25) is 0 Å². The van der Waals surface area contributed by atoms with E-state index < -0.39 is 0 Å². The number of rotatable bonds is 6. The standard InChI is InChI=1S/C13H22N4O2S/c1-4-19-9-5-8(6-9)16-13-10(11(14)17-20-13)12(18)15-7(2)3/h7-9,16H,4-6H2,1-3H3,(H2,14,17)(H,15,18). The maximum atomic E-state index is 12.1. The first-order chi connectivity index (χ1) is 9.51. The van der Waals surface area contributed by atoms with Gasteiger partial charge in [-0.2, -0.15) is 4.37 Å². The van der Waals surface area contributed by atoms with Crippen LogP contribution in [0.5, 0.6) is 0 Å². The lowest BCUT2D eigenvalue weighted by molar-refractivity contribution is 0.00305. The van der Waals surface area contributed by atoms with Gasteiger partial charge in [0.15, 0.2) is 5.82 Å². The molecule has 1 aromatic heterocycles. The van der Waals surface area contributed by atoms with Crippen LogP contribution in [-0.2, 0) is 4.74 Å².